The van der Waals surface area contributed by atoms with Crippen molar-refractivity contribution in [1.29, 1.82) is 0 Å². The van der Waals surface area contributed by atoms with Crippen molar-refractivity contribution in [3.63, 3.8) is 0 Å². The minimum atomic E-state index is -1.70. The molecule has 3 aliphatic rings. The van der Waals surface area contributed by atoms with E-state index >= 15 is 0 Å². The highest BCUT2D eigenvalue weighted by molar-refractivity contribution is 5.90. The molecule has 0 bridgehead atoms. The lowest BCUT2D eigenvalue weighted by atomic mass is 9.82. The quantitative estimate of drug-likeness (QED) is 0.214. The van der Waals surface area contributed by atoms with Gasteiger partial charge in [0.2, 0.25) is 6.29 Å². The molecular weight excluding hydrogens is 504 g/mol. The van der Waals surface area contributed by atoms with Gasteiger partial charge in [0.1, 0.15) is 30.5 Å². The third-order valence-electron chi connectivity index (χ3n) is 7.26. The molecule has 5 N–H and O–H groups in total. The lowest BCUT2D eigenvalue weighted by Gasteiger charge is -2.43. The van der Waals surface area contributed by atoms with Crippen LogP contribution in [0.3, 0.4) is 0 Å². The fraction of sp³-hybridized carbons (Fsp3) is 0.538. The molecule has 0 radical (unpaired) electrons. The summed E-state index contributed by atoms with van der Waals surface area (Å²) < 4.78 is 27.4. The summed E-state index contributed by atoms with van der Waals surface area (Å²) in [5.41, 5.74) is 0.774. The van der Waals surface area contributed by atoms with Crippen molar-refractivity contribution in [2.75, 3.05) is 13.7 Å². The van der Waals surface area contributed by atoms with E-state index in [1.165, 1.54) is 13.2 Å². The van der Waals surface area contributed by atoms with Gasteiger partial charge in [0, 0.05) is 17.9 Å². The van der Waals surface area contributed by atoms with Gasteiger partial charge in [-0.25, -0.2) is 9.59 Å². The summed E-state index contributed by atoms with van der Waals surface area (Å²) in [4.78, 5) is 25.2. The first-order chi connectivity index (χ1) is 18.2. The Balaban J connectivity index is 1.57. The highest BCUT2D eigenvalue weighted by atomic mass is 16.8. The fourth-order valence-corrected chi connectivity index (χ4v) is 5.18. The molecule has 1 saturated heterocycles. The molecule has 12 heteroatoms. The summed E-state index contributed by atoms with van der Waals surface area (Å²) in [7, 11) is 1.17. The number of hydrogen-bond donors (Lipinski definition) is 5. The minimum absolute atomic E-state index is 0.0133. The molecule has 1 aliphatic carbocycles. The third-order valence-corrected chi connectivity index (χ3v) is 7.26. The van der Waals surface area contributed by atoms with Crippen LogP contribution in [0.15, 0.2) is 48.2 Å². The van der Waals surface area contributed by atoms with Crippen molar-refractivity contribution < 1.29 is 58.8 Å². The van der Waals surface area contributed by atoms with Gasteiger partial charge in [0.25, 0.3) is 0 Å². The minimum Gasteiger partial charge on any atom is -0.472 e. The molecule has 1 aromatic rings. The number of aliphatic hydroxyl groups is 5. The molecule has 2 fully saturated rings. The summed E-state index contributed by atoms with van der Waals surface area (Å²) in [6.07, 6.45) is -7.48. The van der Waals surface area contributed by atoms with E-state index in [1.54, 1.807) is 25.1 Å². The average Bonchev–Trinajstić information content (AvgIpc) is 3.18. The lowest BCUT2D eigenvalue weighted by Crippen LogP contribution is -2.60. The second-order valence-corrected chi connectivity index (χ2v) is 9.50. The van der Waals surface area contributed by atoms with Gasteiger partial charge in [0.05, 0.1) is 31.7 Å². The number of aliphatic hydroxyl groups excluding tert-OH is 5. The number of carbonyl (C=O) groups excluding carboxylic acids is 2. The Morgan fingerprint density at radius 2 is 1.71 bits per heavy atom. The Labute approximate surface area is 218 Å². The first kappa shape index (κ1) is 28.2. The molecule has 208 valence electrons. The van der Waals surface area contributed by atoms with Crippen molar-refractivity contribution in [2.24, 2.45) is 17.8 Å². The molecule has 2 heterocycles. The van der Waals surface area contributed by atoms with Crippen LogP contribution in [0, 0.1) is 17.8 Å². The van der Waals surface area contributed by atoms with Crippen LogP contribution in [-0.2, 0) is 33.3 Å². The van der Waals surface area contributed by atoms with Gasteiger partial charge in [-0.3, -0.25) is 0 Å². The Kier molecular flexibility index (Phi) is 8.83. The second-order valence-electron chi connectivity index (χ2n) is 9.50. The van der Waals surface area contributed by atoms with Crippen LogP contribution in [0.25, 0.3) is 6.08 Å². The van der Waals surface area contributed by atoms with Crippen molar-refractivity contribution >= 4 is 18.0 Å². The van der Waals surface area contributed by atoms with Crippen LogP contribution in [0.1, 0.15) is 12.5 Å². The molecule has 2 aliphatic heterocycles. The number of carbonyl (C=O) groups is 2. The van der Waals surface area contributed by atoms with Gasteiger partial charge in [-0.15, -0.1) is 0 Å². The molecule has 11 unspecified atom stereocenters. The first-order valence-corrected chi connectivity index (χ1v) is 12.2. The Hall–Kier alpha value is -2.84. The van der Waals surface area contributed by atoms with Crippen molar-refractivity contribution in [1.82, 2.24) is 0 Å². The van der Waals surface area contributed by atoms with Crippen LogP contribution in [0.4, 0.5) is 0 Å². The van der Waals surface area contributed by atoms with Crippen LogP contribution < -0.4 is 0 Å². The Morgan fingerprint density at radius 1 is 1.00 bits per heavy atom. The van der Waals surface area contributed by atoms with Crippen molar-refractivity contribution in [2.45, 2.75) is 56.1 Å². The summed E-state index contributed by atoms with van der Waals surface area (Å²) in [5.74, 6) is -3.84. The molecule has 1 saturated carbocycles. The summed E-state index contributed by atoms with van der Waals surface area (Å²) in [5, 5.41) is 51.1. The van der Waals surface area contributed by atoms with Gasteiger partial charge in [-0.2, -0.15) is 0 Å². The molecular formula is C26H32O12. The van der Waals surface area contributed by atoms with E-state index in [2.05, 4.69) is 0 Å². The first-order valence-electron chi connectivity index (χ1n) is 12.2. The van der Waals surface area contributed by atoms with Crippen LogP contribution in [0.5, 0.6) is 0 Å². The van der Waals surface area contributed by atoms with E-state index in [0.717, 1.165) is 11.8 Å². The van der Waals surface area contributed by atoms with E-state index in [0.29, 0.717) is 0 Å². The van der Waals surface area contributed by atoms with Crippen LogP contribution in [0.2, 0.25) is 0 Å². The summed E-state index contributed by atoms with van der Waals surface area (Å²) >= 11 is 0. The van der Waals surface area contributed by atoms with E-state index < -0.39 is 85.5 Å². The van der Waals surface area contributed by atoms with Gasteiger partial charge < -0.3 is 49.2 Å². The maximum atomic E-state index is 12.7. The predicted molar refractivity (Wildman–Crippen MR) is 127 cm³/mol. The number of benzene rings is 1. The van der Waals surface area contributed by atoms with E-state index in [1.807, 2.05) is 18.2 Å². The number of ether oxygens (including phenoxy) is 5. The Morgan fingerprint density at radius 3 is 2.37 bits per heavy atom. The van der Waals surface area contributed by atoms with Gasteiger partial charge >= 0.3 is 11.9 Å². The zero-order chi connectivity index (χ0) is 27.6. The highest BCUT2D eigenvalue weighted by Gasteiger charge is 2.59. The molecule has 12 nitrogen and oxygen atoms in total. The van der Waals surface area contributed by atoms with Crippen LogP contribution >= 0.6 is 0 Å². The molecule has 0 amide bonds. The number of methoxy groups -OCH3 is 1. The van der Waals surface area contributed by atoms with E-state index in [-0.39, 0.29) is 5.57 Å². The smallest absolute Gasteiger partial charge is 0.337 e. The van der Waals surface area contributed by atoms with Gasteiger partial charge in [-0.1, -0.05) is 37.3 Å². The number of esters is 2. The van der Waals surface area contributed by atoms with Gasteiger partial charge in [0.15, 0.2) is 6.29 Å². The largest absolute Gasteiger partial charge is 0.472 e. The van der Waals surface area contributed by atoms with E-state index in [9.17, 15) is 35.1 Å². The Bertz CT molecular complexity index is 1040. The number of hydrogen-bond acceptors (Lipinski definition) is 12. The van der Waals surface area contributed by atoms with Crippen molar-refractivity contribution in [3.8, 4) is 0 Å². The molecule has 0 spiro atoms. The topological polar surface area (TPSA) is 181 Å². The average molecular weight is 537 g/mol. The standard InChI is InChI=1S/C26H32O12/c1-12-17-18(23(19(12)29)37-16(28)9-8-13-6-4-3-5-7-13)14(24(33)34-2)11-35-25(17)38-26-22(32)21(31)20(30)15(10-27)36-26/h3-9,11-12,15,17-23,25-27,29-32H,10H2,1-2H3. The third kappa shape index (κ3) is 5.47. The maximum absolute atomic E-state index is 12.7. The second kappa shape index (κ2) is 11.9. The maximum Gasteiger partial charge on any atom is 0.337 e. The highest BCUT2D eigenvalue weighted by Crippen LogP contribution is 2.49. The fourth-order valence-electron chi connectivity index (χ4n) is 5.18. The van der Waals surface area contributed by atoms with Gasteiger partial charge in [-0.05, 0) is 17.6 Å². The summed E-state index contributed by atoms with van der Waals surface area (Å²) in [6, 6.07) is 9.04. The summed E-state index contributed by atoms with van der Waals surface area (Å²) in [6.45, 7) is 1.00. The van der Waals surface area contributed by atoms with Crippen LogP contribution in [-0.4, -0.2) is 100 Å². The normalized spacial score (nSPS) is 38.7. The molecule has 4 rings (SSSR count). The SMILES string of the molecule is COC(=O)C1=COC(OC2OC(CO)C(O)C(O)C2O)C2C(C)C(O)C(OC(=O)C=Cc3ccccc3)C12. The molecule has 38 heavy (non-hydrogen) atoms. The predicted octanol–water partition coefficient (Wildman–Crippen LogP) is -0.916. The zero-order valence-electron chi connectivity index (χ0n) is 20.8. The molecule has 0 aromatic heterocycles. The molecule has 1 aromatic carbocycles. The number of rotatable bonds is 7. The zero-order valence-corrected chi connectivity index (χ0v) is 20.8. The van der Waals surface area contributed by atoms with Crippen molar-refractivity contribution in [3.05, 3.63) is 53.8 Å². The monoisotopic (exact) mass is 536 g/mol. The van der Waals surface area contributed by atoms with E-state index in [4.69, 9.17) is 23.7 Å². The lowest BCUT2D eigenvalue weighted by molar-refractivity contribution is -0.343. The number of fused-ring (bicyclic) bond motifs is 1. The molecule has 11 atom stereocenters.